The summed E-state index contributed by atoms with van der Waals surface area (Å²) in [6.45, 7) is 15.9. The molecule has 3 fully saturated rings. The molecule has 0 aromatic rings. The largest absolute Gasteiger partial charge is 0.347 e. The molecule has 0 amide bonds. The molecule has 0 bridgehead atoms. The Morgan fingerprint density at radius 3 is 2.02 bits per heavy atom. The van der Waals surface area contributed by atoms with Gasteiger partial charge in [-0.05, 0) is 111 Å². The van der Waals surface area contributed by atoms with Crippen LogP contribution in [-0.2, 0) is 13.1 Å². The molecule has 0 aromatic heterocycles. The second-order valence-corrected chi connectivity index (χ2v) is 23.7. The van der Waals surface area contributed by atoms with Gasteiger partial charge in [-0.2, -0.15) is 10.6 Å². The van der Waals surface area contributed by atoms with Crippen LogP contribution in [-0.4, -0.2) is 39.4 Å². The summed E-state index contributed by atoms with van der Waals surface area (Å²) in [5.41, 5.74) is 2.64. The Labute approximate surface area is 353 Å². The van der Waals surface area contributed by atoms with Gasteiger partial charge in [0, 0.05) is 18.9 Å². The molecular formula is C51H95BO3S. The number of unbranched alkanes of at least 4 members (excludes halogenated alkanes) is 15. The monoisotopic (exact) mass is 799 g/mol. The highest BCUT2D eigenvalue weighted by Crippen LogP contribution is 2.67. The number of ether oxygens (including phenoxy) is 1. The summed E-state index contributed by atoms with van der Waals surface area (Å²) in [5, 5.41) is 0. The van der Waals surface area contributed by atoms with Crippen LogP contribution >= 0.6 is 10.6 Å². The third-order valence-corrected chi connectivity index (χ3v) is 17.4. The maximum absolute atomic E-state index is 7.06. The zero-order valence-corrected chi connectivity index (χ0v) is 39.6. The molecule has 3 nitrogen and oxygen atoms in total. The summed E-state index contributed by atoms with van der Waals surface area (Å²) in [7, 11) is 4.07. The molecule has 9 unspecified atom stereocenters. The normalized spacial score (nSPS) is 30.4. The van der Waals surface area contributed by atoms with Gasteiger partial charge < -0.3 is 4.74 Å². The highest BCUT2D eigenvalue weighted by molar-refractivity contribution is 8.24. The topological polar surface area (TPSA) is 27.7 Å². The van der Waals surface area contributed by atoms with Gasteiger partial charge in [-0.1, -0.05) is 175 Å². The lowest BCUT2D eigenvalue weighted by atomic mass is 9.47. The molecule has 0 aromatic carbocycles. The van der Waals surface area contributed by atoms with Crippen LogP contribution in [0.1, 0.15) is 228 Å². The Morgan fingerprint density at radius 2 is 1.36 bits per heavy atom. The molecule has 5 heteroatoms. The average Bonchev–Trinajstić information content (AvgIpc) is 3.52. The predicted octanol–water partition coefficient (Wildman–Crippen LogP) is 16.3. The third-order valence-electron chi connectivity index (χ3n) is 16.0. The lowest BCUT2D eigenvalue weighted by molar-refractivity contribution is -0.137. The number of hydrogen-bond donors (Lipinski definition) is 0. The summed E-state index contributed by atoms with van der Waals surface area (Å²) in [6, 6.07) is 0. The Hall–Kier alpha value is 0.0349. The van der Waals surface area contributed by atoms with E-state index in [-0.39, 0.29) is 12.4 Å². The first-order chi connectivity index (χ1) is 26.9. The quantitative estimate of drug-likeness (QED) is 0.0314. The molecule has 0 aliphatic heterocycles. The van der Waals surface area contributed by atoms with Crippen LogP contribution in [0.5, 0.6) is 0 Å². The van der Waals surface area contributed by atoms with E-state index in [0.717, 1.165) is 74.1 Å². The van der Waals surface area contributed by atoms with Gasteiger partial charge in [-0.25, -0.2) is 0 Å². The first-order valence-corrected chi connectivity index (χ1v) is 27.3. The van der Waals surface area contributed by atoms with Crippen LogP contribution in [0.2, 0.25) is 6.32 Å². The standard InChI is InChI=1S/C51H95BO3S/c1-9-10-11-12-13-14-15-16-17-18-19-20-23-29-49(55-56(7,8)53-39-25-22-21-24-38-52)54-44-34-36-50(5)43(40-44)30-31-45-47-33-32-46(42(4)28-26-27-41(2)3)51(47,6)37-35-48(45)50/h30,41-42,44-49H,9-29,31-40H2,1-8H3. The van der Waals surface area contributed by atoms with E-state index in [9.17, 15) is 0 Å². The molecule has 326 valence electrons. The fourth-order valence-corrected chi connectivity index (χ4v) is 13.8. The van der Waals surface area contributed by atoms with E-state index in [2.05, 4.69) is 60.1 Å². The molecule has 2 radical (unpaired) electrons. The fourth-order valence-electron chi connectivity index (χ4n) is 12.6. The molecule has 4 aliphatic carbocycles. The molecule has 4 rings (SSSR count). The zero-order valence-electron chi connectivity index (χ0n) is 38.8. The molecule has 4 aliphatic rings. The van der Waals surface area contributed by atoms with Gasteiger partial charge in [-0.15, -0.1) is 0 Å². The van der Waals surface area contributed by atoms with Crippen molar-refractivity contribution in [2.24, 2.45) is 46.3 Å². The lowest BCUT2D eigenvalue weighted by Crippen LogP contribution is -2.51. The fraction of sp³-hybridized carbons (Fsp3) is 0.961. The lowest BCUT2D eigenvalue weighted by Gasteiger charge is -2.58. The Morgan fingerprint density at radius 1 is 0.714 bits per heavy atom. The summed E-state index contributed by atoms with van der Waals surface area (Å²) >= 11 is 0. The van der Waals surface area contributed by atoms with Crippen LogP contribution in [0.3, 0.4) is 0 Å². The summed E-state index contributed by atoms with van der Waals surface area (Å²) in [6.07, 6.45) is 46.5. The molecular weight excluding hydrogens is 703 g/mol. The van der Waals surface area contributed by atoms with E-state index in [0.29, 0.717) is 10.8 Å². The summed E-state index contributed by atoms with van der Waals surface area (Å²) in [4.78, 5) is 0. The van der Waals surface area contributed by atoms with Crippen LogP contribution in [0, 0.1) is 46.3 Å². The van der Waals surface area contributed by atoms with E-state index >= 15 is 0 Å². The van der Waals surface area contributed by atoms with Crippen LogP contribution in [0.15, 0.2) is 11.6 Å². The highest BCUT2D eigenvalue weighted by Gasteiger charge is 2.59. The van der Waals surface area contributed by atoms with Crippen LogP contribution < -0.4 is 0 Å². The maximum Gasteiger partial charge on any atom is 0.180 e. The van der Waals surface area contributed by atoms with E-state index in [4.69, 9.17) is 20.9 Å². The molecule has 0 saturated heterocycles. The van der Waals surface area contributed by atoms with Crippen molar-refractivity contribution in [3.63, 3.8) is 0 Å². The molecule has 3 saturated carbocycles. The first-order valence-electron chi connectivity index (χ1n) is 25.0. The van der Waals surface area contributed by atoms with Gasteiger partial charge in [0.1, 0.15) is 0 Å². The maximum atomic E-state index is 7.06. The Bertz CT molecular complexity index is 1090. The van der Waals surface area contributed by atoms with Crippen molar-refractivity contribution in [2.45, 2.75) is 246 Å². The smallest absolute Gasteiger partial charge is 0.180 e. The first kappa shape index (κ1) is 48.7. The molecule has 0 spiro atoms. The van der Waals surface area contributed by atoms with Crippen molar-refractivity contribution in [1.29, 1.82) is 0 Å². The van der Waals surface area contributed by atoms with Crippen molar-refractivity contribution < 1.29 is 13.1 Å². The minimum Gasteiger partial charge on any atom is -0.347 e. The van der Waals surface area contributed by atoms with Crippen molar-refractivity contribution in [3.05, 3.63) is 11.6 Å². The molecule has 0 heterocycles. The number of hydrogen-bond acceptors (Lipinski definition) is 3. The average molecular weight is 799 g/mol. The number of rotatable bonds is 30. The van der Waals surface area contributed by atoms with E-state index in [1.807, 2.05) is 0 Å². The minimum atomic E-state index is -1.64. The summed E-state index contributed by atoms with van der Waals surface area (Å²) in [5.74, 6) is 5.32. The van der Waals surface area contributed by atoms with Crippen molar-refractivity contribution in [1.82, 2.24) is 0 Å². The van der Waals surface area contributed by atoms with Crippen LogP contribution in [0.25, 0.3) is 0 Å². The van der Waals surface area contributed by atoms with Gasteiger partial charge in [0.15, 0.2) is 6.29 Å². The van der Waals surface area contributed by atoms with Crippen molar-refractivity contribution in [3.8, 4) is 0 Å². The van der Waals surface area contributed by atoms with Crippen LogP contribution in [0.4, 0.5) is 0 Å². The third kappa shape index (κ3) is 14.9. The Balaban J connectivity index is 1.28. The van der Waals surface area contributed by atoms with Crippen molar-refractivity contribution >= 4 is 18.4 Å². The summed E-state index contributed by atoms with van der Waals surface area (Å²) < 4.78 is 20.3. The number of fused-ring (bicyclic) bond motifs is 5. The Kier molecular flexibility index (Phi) is 21.8. The van der Waals surface area contributed by atoms with E-state index in [1.165, 1.54) is 161 Å². The SMILES string of the molecule is [B]CCCCCCOS(C)(C)OC(CCCCCCCCCCCCCCC)OC1CCC2(C)C(=CCC3C2CCC2(C)C(C(C)CCCC(C)C)CCC32)C1. The molecule has 56 heavy (non-hydrogen) atoms. The van der Waals surface area contributed by atoms with Gasteiger partial charge in [0.25, 0.3) is 0 Å². The van der Waals surface area contributed by atoms with E-state index in [1.54, 1.807) is 5.57 Å². The van der Waals surface area contributed by atoms with Gasteiger partial charge in [-0.3, -0.25) is 8.37 Å². The van der Waals surface area contributed by atoms with Gasteiger partial charge >= 0.3 is 0 Å². The van der Waals surface area contributed by atoms with Gasteiger partial charge in [0.2, 0.25) is 0 Å². The zero-order chi connectivity index (χ0) is 40.4. The number of allylic oxidation sites excluding steroid dienone is 1. The predicted molar refractivity (Wildman–Crippen MR) is 248 cm³/mol. The van der Waals surface area contributed by atoms with Crippen molar-refractivity contribution in [2.75, 3.05) is 19.1 Å². The second-order valence-electron chi connectivity index (χ2n) is 21.0. The van der Waals surface area contributed by atoms with Gasteiger partial charge in [0.05, 0.1) is 20.6 Å². The highest BCUT2D eigenvalue weighted by atomic mass is 32.3. The molecule has 0 N–H and O–H groups in total. The molecule has 9 atom stereocenters. The minimum absolute atomic E-state index is 0.162. The second kappa shape index (κ2) is 25.1. The van der Waals surface area contributed by atoms with E-state index < -0.39 is 10.6 Å².